The molecule has 0 saturated carbocycles. The summed E-state index contributed by atoms with van der Waals surface area (Å²) in [4.78, 5) is 27.2. The molecule has 0 bridgehead atoms. The van der Waals surface area contributed by atoms with Gasteiger partial charge in [-0.25, -0.2) is 4.39 Å². The van der Waals surface area contributed by atoms with E-state index in [1.807, 2.05) is 17.5 Å². The Morgan fingerprint density at radius 2 is 2.04 bits per heavy atom. The average molecular weight is 425 g/mol. The molecule has 0 atom stereocenters. The van der Waals surface area contributed by atoms with E-state index < -0.39 is 0 Å². The smallest absolute Gasteiger partial charge is 0.263 e. The summed E-state index contributed by atoms with van der Waals surface area (Å²) >= 11 is 4.79. The minimum absolute atomic E-state index is 0.0394. The van der Waals surface area contributed by atoms with Crippen LogP contribution in [-0.2, 0) is 11.3 Å². The van der Waals surface area contributed by atoms with Crippen LogP contribution in [0.1, 0.15) is 28.1 Å². The Kier molecular flexibility index (Phi) is 5.86. The van der Waals surface area contributed by atoms with Crippen molar-refractivity contribution in [3.63, 3.8) is 0 Å². The van der Waals surface area contributed by atoms with Crippen LogP contribution in [0.2, 0.25) is 0 Å². The summed E-state index contributed by atoms with van der Waals surface area (Å²) in [6.45, 7) is 1.45. The molecular weight excluding hydrogens is 407 g/mol. The molecule has 1 aliphatic rings. The fourth-order valence-corrected chi connectivity index (χ4v) is 3.98. The number of thiophene rings is 1. The quantitative estimate of drug-likeness (QED) is 0.810. The summed E-state index contributed by atoms with van der Waals surface area (Å²) < 4.78 is 14.1. The van der Waals surface area contributed by atoms with Gasteiger partial charge in [0.05, 0.1) is 4.88 Å². The number of nitrogens with zero attached hydrogens (tertiary/aromatic N) is 1. The van der Waals surface area contributed by atoms with Crippen LogP contribution in [0.4, 0.5) is 4.39 Å². The van der Waals surface area contributed by atoms with E-state index in [4.69, 9.17) is 0 Å². The molecule has 1 aromatic carbocycles. The minimum atomic E-state index is -0.326. The van der Waals surface area contributed by atoms with Crippen molar-refractivity contribution < 1.29 is 14.0 Å². The zero-order valence-electron chi connectivity index (χ0n) is 13.5. The number of halogens is 2. The van der Waals surface area contributed by atoms with Crippen LogP contribution in [0.5, 0.6) is 0 Å². The van der Waals surface area contributed by atoms with Crippen LogP contribution in [0.3, 0.4) is 0 Å². The summed E-state index contributed by atoms with van der Waals surface area (Å²) in [5, 5.41) is 4.76. The van der Waals surface area contributed by atoms with Crippen molar-refractivity contribution in [3.05, 3.63) is 56.4 Å². The second kappa shape index (κ2) is 8.10. The second-order valence-corrected chi connectivity index (χ2v) is 7.80. The van der Waals surface area contributed by atoms with E-state index >= 15 is 0 Å². The van der Waals surface area contributed by atoms with Crippen molar-refractivity contribution in [2.75, 3.05) is 13.1 Å². The fourth-order valence-electron chi connectivity index (χ4n) is 2.91. The molecule has 2 amide bonds. The van der Waals surface area contributed by atoms with Crippen LogP contribution >= 0.6 is 27.3 Å². The van der Waals surface area contributed by atoms with E-state index in [2.05, 4.69) is 21.2 Å². The molecule has 3 rings (SSSR count). The van der Waals surface area contributed by atoms with Crippen molar-refractivity contribution >= 4 is 39.1 Å². The van der Waals surface area contributed by atoms with Crippen LogP contribution in [0, 0.1) is 11.7 Å². The molecular formula is C18H18BrFN2O2S. The molecule has 4 nitrogen and oxygen atoms in total. The van der Waals surface area contributed by atoms with Gasteiger partial charge in [0.15, 0.2) is 0 Å². The van der Waals surface area contributed by atoms with Gasteiger partial charge in [-0.1, -0.05) is 22.0 Å². The SMILES string of the molecule is O=C(NCc1cc(F)ccc1Br)C1CCN(C(=O)c2cccs2)CC1. The average Bonchev–Trinajstić information content (AvgIpc) is 3.16. The number of benzene rings is 1. The molecule has 1 fully saturated rings. The molecule has 2 heterocycles. The highest BCUT2D eigenvalue weighted by Gasteiger charge is 2.28. The third-order valence-electron chi connectivity index (χ3n) is 4.35. The molecule has 132 valence electrons. The maximum atomic E-state index is 13.3. The molecule has 0 aliphatic carbocycles. The van der Waals surface area contributed by atoms with E-state index in [9.17, 15) is 14.0 Å². The highest BCUT2D eigenvalue weighted by atomic mass is 79.9. The molecule has 1 aromatic heterocycles. The Bertz CT molecular complexity index is 758. The first-order valence-electron chi connectivity index (χ1n) is 8.09. The van der Waals surface area contributed by atoms with Gasteiger partial charge in [0, 0.05) is 30.0 Å². The van der Waals surface area contributed by atoms with E-state index in [-0.39, 0.29) is 30.1 Å². The van der Waals surface area contributed by atoms with Crippen molar-refractivity contribution in [3.8, 4) is 0 Å². The number of carbonyl (C=O) groups excluding carboxylic acids is 2. The maximum absolute atomic E-state index is 13.3. The predicted molar refractivity (Wildman–Crippen MR) is 98.9 cm³/mol. The Hall–Kier alpha value is -1.73. The molecule has 0 radical (unpaired) electrons. The maximum Gasteiger partial charge on any atom is 0.263 e. The van der Waals surface area contributed by atoms with Gasteiger partial charge in [-0.3, -0.25) is 9.59 Å². The zero-order chi connectivity index (χ0) is 17.8. The van der Waals surface area contributed by atoms with Crippen molar-refractivity contribution in [1.82, 2.24) is 10.2 Å². The lowest BCUT2D eigenvalue weighted by atomic mass is 9.95. The number of carbonyl (C=O) groups is 2. The van der Waals surface area contributed by atoms with E-state index in [0.29, 0.717) is 31.5 Å². The first kappa shape index (κ1) is 18.1. The zero-order valence-corrected chi connectivity index (χ0v) is 15.9. The highest BCUT2D eigenvalue weighted by molar-refractivity contribution is 9.10. The molecule has 1 N–H and O–H groups in total. The number of hydrogen-bond donors (Lipinski definition) is 1. The van der Waals surface area contributed by atoms with Crippen LogP contribution in [-0.4, -0.2) is 29.8 Å². The van der Waals surface area contributed by atoms with E-state index in [1.165, 1.54) is 23.5 Å². The van der Waals surface area contributed by atoms with Crippen LogP contribution < -0.4 is 5.32 Å². The Morgan fingerprint density at radius 3 is 2.72 bits per heavy atom. The molecule has 1 saturated heterocycles. The number of likely N-dealkylation sites (tertiary alicyclic amines) is 1. The predicted octanol–water partition coefficient (Wildman–Crippen LogP) is 3.82. The third kappa shape index (κ3) is 4.46. The number of rotatable bonds is 4. The Balaban J connectivity index is 1.50. The fraction of sp³-hybridized carbons (Fsp3) is 0.333. The first-order valence-corrected chi connectivity index (χ1v) is 9.76. The third-order valence-corrected chi connectivity index (χ3v) is 5.98. The lowest BCUT2D eigenvalue weighted by molar-refractivity contribution is -0.126. The number of piperidine rings is 1. The van der Waals surface area contributed by atoms with Gasteiger partial charge in [-0.15, -0.1) is 11.3 Å². The van der Waals surface area contributed by atoms with Gasteiger partial charge in [0.25, 0.3) is 5.91 Å². The Labute approximate surface area is 158 Å². The van der Waals surface area contributed by atoms with Crippen LogP contribution in [0.25, 0.3) is 0 Å². The normalized spacial score (nSPS) is 15.2. The molecule has 7 heteroatoms. The largest absolute Gasteiger partial charge is 0.352 e. The van der Waals surface area contributed by atoms with Gasteiger partial charge < -0.3 is 10.2 Å². The number of nitrogens with one attached hydrogen (secondary N) is 1. The van der Waals surface area contributed by atoms with Gasteiger partial charge >= 0.3 is 0 Å². The van der Waals surface area contributed by atoms with Crippen molar-refractivity contribution in [2.24, 2.45) is 5.92 Å². The summed E-state index contributed by atoms with van der Waals surface area (Å²) in [6.07, 6.45) is 1.29. The van der Waals surface area contributed by atoms with E-state index in [1.54, 1.807) is 11.0 Å². The summed E-state index contributed by atoms with van der Waals surface area (Å²) in [5.41, 5.74) is 0.707. The molecule has 0 unspecified atom stereocenters. The lowest BCUT2D eigenvalue weighted by Gasteiger charge is -2.31. The topological polar surface area (TPSA) is 49.4 Å². The molecule has 25 heavy (non-hydrogen) atoms. The molecule has 1 aliphatic heterocycles. The Morgan fingerprint density at radius 1 is 1.28 bits per heavy atom. The lowest BCUT2D eigenvalue weighted by Crippen LogP contribution is -2.42. The standard InChI is InChI=1S/C18H18BrFN2O2S/c19-15-4-3-14(20)10-13(15)11-21-17(23)12-5-7-22(8-6-12)18(24)16-2-1-9-25-16/h1-4,9-10,12H,5-8,11H2,(H,21,23). The minimum Gasteiger partial charge on any atom is -0.352 e. The van der Waals surface area contributed by atoms with E-state index in [0.717, 1.165) is 9.35 Å². The second-order valence-electron chi connectivity index (χ2n) is 6.00. The summed E-state index contributed by atoms with van der Waals surface area (Å²) in [6, 6.07) is 8.10. The first-order chi connectivity index (χ1) is 12.0. The summed E-state index contributed by atoms with van der Waals surface area (Å²) in [5.74, 6) is -0.440. The highest BCUT2D eigenvalue weighted by Crippen LogP contribution is 2.22. The molecule has 0 spiro atoms. The van der Waals surface area contributed by atoms with Gasteiger partial charge in [-0.2, -0.15) is 0 Å². The van der Waals surface area contributed by atoms with Crippen molar-refractivity contribution in [2.45, 2.75) is 19.4 Å². The van der Waals surface area contributed by atoms with Gasteiger partial charge in [0.2, 0.25) is 5.91 Å². The molecule has 2 aromatic rings. The number of hydrogen-bond acceptors (Lipinski definition) is 3. The van der Waals surface area contributed by atoms with Gasteiger partial charge in [-0.05, 0) is 48.1 Å². The summed E-state index contributed by atoms with van der Waals surface area (Å²) in [7, 11) is 0. The monoisotopic (exact) mass is 424 g/mol. The van der Waals surface area contributed by atoms with Gasteiger partial charge in [0.1, 0.15) is 5.82 Å². The number of amides is 2. The van der Waals surface area contributed by atoms with Crippen molar-refractivity contribution in [1.29, 1.82) is 0 Å². The van der Waals surface area contributed by atoms with Crippen LogP contribution in [0.15, 0.2) is 40.2 Å².